The summed E-state index contributed by atoms with van der Waals surface area (Å²) in [6, 6.07) is 13.7. The minimum absolute atomic E-state index is 0.394. The van der Waals surface area contributed by atoms with Gasteiger partial charge in [0.1, 0.15) is 12.4 Å². The smallest absolute Gasteiger partial charge is 0.185 e. The summed E-state index contributed by atoms with van der Waals surface area (Å²) >= 11 is 6.31. The fraction of sp³-hybridized carbons (Fsp3) is 0.294. The number of halogens is 1. The van der Waals surface area contributed by atoms with E-state index in [0.29, 0.717) is 24.8 Å². The van der Waals surface area contributed by atoms with Crippen LogP contribution in [-0.4, -0.2) is 13.2 Å². The van der Waals surface area contributed by atoms with Crippen LogP contribution in [-0.2, 0) is 16.1 Å². The van der Waals surface area contributed by atoms with Crippen LogP contribution in [0.5, 0.6) is 5.75 Å². The quantitative estimate of drug-likeness (QED) is 0.844. The molecule has 21 heavy (non-hydrogen) atoms. The first kappa shape index (κ1) is 14.4. The summed E-state index contributed by atoms with van der Waals surface area (Å²) in [7, 11) is 0. The molecule has 1 fully saturated rings. The Hall–Kier alpha value is -1.55. The molecule has 0 atom stereocenters. The van der Waals surface area contributed by atoms with Gasteiger partial charge in [-0.1, -0.05) is 41.9 Å². The van der Waals surface area contributed by atoms with Crippen LogP contribution in [0.25, 0.3) is 0 Å². The summed E-state index contributed by atoms with van der Waals surface area (Å²) in [6.07, 6.45) is -0.394. The average molecular weight is 305 g/mol. The van der Waals surface area contributed by atoms with Gasteiger partial charge in [-0.3, -0.25) is 0 Å². The summed E-state index contributed by atoms with van der Waals surface area (Å²) in [5.41, 5.74) is 2.96. The van der Waals surface area contributed by atoms with E-state index in [1.807, 2.05) is 49.4 Å². The van der Waals surface area contributed by atoms with Crippen molar-refractivity contribution in [3.63, 3.8) is 0 Å². The van der Waals surface area contributed by atoms with Crippen molar-refractivity contribution in [3.05, 3.63) is 64.2 Å². The third kappa shape index (κ3) is 3.21. The molecule has 0 aliphatic carbocycles. The van der Waals surface area contributed by atoms with Crippen LogP contribution in [0.3, 0.4) is 0 Å². The first-order valence-electron chi connectivity index (χ1n) is 6.94. The summed E-state index contributed by atoms with van der Waals surface area (Å²) < 4.78 is 17.1. The van der Waals surface area contributed by atoms with E-state index >= 15 is 0 Å². The molecule has 0 bridgehead atoms. The Bertz CT molecular complexity index is 621. The van der Waals surface area contributed by atoms with E-state index in [-0.39, 0.29) is 0 Å². The zero-order chi connectivity index (χ0) is 14.7. The fourth-order valence-corrected chi connectivity index (χ4v) is 2.65. The molecule has 0 saturated carbocycles. The molecular formula is C17H17ClO3. The lowest BCUT2D eigenvalue weighted by molar-refractivity contribution is -0.0451. The molecule has 2 aromatic carbocycles. The van der Waals surface area contributed by atoms with Gasteiger partial charge in [0.05, 0.1) is 13.2 Å². The largest absolute Gasteiger partial charge is 0.489 e. The third-order valence-electron chi connectivity index (χ3n) is 3.48. The molecular weight excluding hydrogens is 288 g/mol. The summed E-state index contributed by atoms with van der Waals surface area (Å²) in [6.45, 7) is 3.64. The van der Waals surface area contributed by atoms with Crippen LogP contribution in [0.2, 0.25) is 5.02 Å². The SMILES string of the molecule is Cc1ccccc1OCc1cccc(Cl)c1C1OCCO1. The van der Waals surface area contributed by atoms with Crippen LogP contribution >= 0.6 is 11.6 Å². The van der Waals surface area contributed by atoms with Crippen LogP contribution in [0, 0.1) is 6.92 Å². The Morgan fingerprint density at radius 1 is 1.10 bits per heavy atom. The Morgan fingerprint density at radius 2 is 1.86 bits per heavy atom. The van der Waals surface area contributed by atoms with Crippen LogP contribution < -0.4 is 4.74 Å². The number of rotatable bonds is 4. The maximum absolute atomic E-state index is 6.31. The Labute approximate surface area is 129 Å². The normalized spacial score (nSPS) is 15.3. The van der Waals surface area contributed by atoms with Crippen molar-refractivity contribution in [2.24, 2.45) is 0 Å². The second-order valence-electron chi connectivity index (χ2n) is 4.94. The van der Waals surface area contributed by atoms with Crippen molar-refractivity contribution < 1.29 is 14.2 Å². The average Bonchev–Trinajstić information content (AvgIpc) is 3.00. The van der Waals surface area contributed by atoms with Gasteiger partial charge in [-0.2, -0.15) is 0 Å². The predicted molar refractivity (Wildman–Crippen MR) is 81.6 cm³/mol. The molecule has 0 radical (unpaired) electrons. The zero-order valence-corrected chi connectivity index (χ0v) is 12.6. The molecule has 3 nitrogen and oxygen atoms in total. The summed E-state index contributed by atoms with van der Waals surface area (Å²) in [5.74, 6) is 0.872. The van der Waals surface area contributed by atoms with Crippen molar-refractivity contribution in [1.82, 2.24) is 0 Å². The molecule has 0 aromatic heterocycles. The molecule has 1 aliphatic rings. The molecule has 1 saturated heterocycles. The van der Waals surface area contributed by atoms with Gasteiger partial charge in [0.15, 0.2) is 6.29 Å². The molecule has 1 aliphatic heterocycles. The highest BCUT2D eigenvalue weighted by Crippen LogP contribution is 2.33. The maximum Gasteiger partial charge on any atom is 0.185 e. The van der Waals surface area contributed by atoms with E-state index < -0.39 is 6.29 Å². The first-order valence-corrected chi connectivity index (χ1v) is 7.32. The van der Waals surface area contributed by atoms with Crippen molar-refractivity contribution in [2.45, 2.75) is 19.8 Å². The monoisotopic (exact) mass is 304 g/mol. The maximum atomic E-state index is 6.31. The lowest BCUT2D eigenvalue weighted by Gasteiger charge is -2.17. The highest BCUT2D eigenvalue weighted by Gasteiger charge is 2.24. The van der Waals surface area contributed by atoms with E-state index in [4.69, 9.17) is 25.8 Å². The van der Waals surface area contributed by atoms with Crippen LogP contribution in [0.15, 0.2) is 42.5 Å². The molecule has 3 rings (SSSR count). The number of ether oxygens (including phenoxy) is 3. The van der Waals surface area contributed by atoms with E-state index in [9.17, 15) is 0 Å². The van der Waals surface area contributed by atoms with Crippen molar-refractivity contribution in [3.8, 4) is 5.75 Å². The van der Waals surface area contributed by atoms with E-state index in [1.54, 1.807) is 0 Å². The standard InChI is InChI=1S/C17H17ClO3/c1-12-5-2-3-8-15(12)21-11-13-6-4-7-14(18)16(13)17-19-9-10-20-17/h2-8,17H,9-11H2,1H3. The minimum Gasteiger partial charge on any atom is -0.489 e. The number of aryl methyl sites for hydroxylation is 1. The molecule has 0 amide bonds. The zero-order valence-electron chi connectivity index (χ0n) is 11.8. The highest BCUT2D eigenvalue weighted by atomic mass is 35.5. The van der Waals surface area contributed by atoms with Gasteiger partial charge in [-0.25, -0.2) is 0 Å². The summed E-state index contributed by atoms with van der Waals surface area (Å²) in [4.78, 5) is 0. The second kappa shape index (κ2) is 6.48. The highest BCUT2D eigenvalue weighted by molar-refractivity contribution is 6.31. The van der Waals surface area contributed by atoms with Gasteiger partial charge in [0.25, 0.3) is 0 Å². The molecule has 4 heteroatoms. The van der Waals surface area contributed by atoms with Crippen molar-refractivity contribution >= 4 is 11.6 Å². The Balaban J connectivity index is 1.82. The third-order valence-corrected chi connectivity index (χ3v) is 3.81. The van der Waals surface area contributed by atoms with Gasteiger partial charge in [0, 0.05) is 10.6 Å². The second-order valence-corrected chi connectivity index (χ2v) is 5.35. The lowest BCUT2D eigenvalue weighted by atomic mass is 10.1. The van der Waals surface area contributed by atoms with E-state index in [2.05, 4.69) is 0 Å². The number of para-hydroxylation sites is 1. The minimum atomic E-state index is -0.394. The topological polar surface area (TPSA) is 27.7 Å². The van der Waals surface area contributed by atoms with Gasteiger partial charge >= 0.3 is 0 Å². The molecule has 0 N–H and O–H groups in total. The molecule has 110 valence electrons. The summed E-state index contributed by atoms with van der Waals surface area (Å²) in [5, 5.41) is 0.646. The fourth-order valence-electron chi connectivity index (χ4n) is 2.37. The van der Waals surface area contributed by atoms with Crippen molar-refractivity contribution in [2.75, 3.05) is 13.2 Å². The molecule has 1 heterocycles. The number of benzene rings is 2. The molecule has 0 spiro atoms. The van der Waals surface area contributed by atoms with Gasteiger partial charge in [0.2, 0.25) is 0 Å². The van der Waals surface area contributed by atoms with Gasteiger partial charge in [-0.15, -0.1) is 0 Å². The Kier molecular flexibility index (Phi) is 4.44. The van der Waals surface area contributed by atoms with Crippen LogP contribution in [0.1, 0.15) is 23.0 Å². The molecule has 2 aromatic rings. The predicted octanol–water partition coefficient (Wildman–Crippen LogP) is 4.27. The van der Waals surface area contributed by atoms with Crippen LogP contribution in [0.4, 0.5) is 0 Å². The van der Waals surface area contributed by atoms with E-state index in [1.165, 1.54) is 0 Å². The van der Waals surface area contributed by atoms with Gasteiger partial charge in [-0.05, 0) is 30.2 Å². The Morgan fingerprint density at radius 3 is 2.62 bits per heavy atom. The lowest BCUT2D eigenvalue weighted by Crippen LogP contribution is -2.07. The van der Waals surface area contributed by atoms with Crippen molar-refractivity contribution in [1.29, 1.82) is 0 Å². The first-order chi connectivity index (χ1) is 10.3. The molecule has 0 unspecified atom stereocenters. The van der Waals surface area contributed by atoms with Gasteiger partial charge < -0.3 is 14.2 Å². The van der Waals surface area contributed by atoms with E-state index in [0.717, 1.165) is 22.4 Å². The number of hydrogen-bond donors (Lipinski definition) is 0. The number of hydrogen-bond acceptors (Lipinski definition) is 3.